The number of nitrogens with zero attached hydrogens (tertiary/aromatic N) is 1. The number of benzene rings is 3. The fraction of sp³-hybridized carbons (Fsp3) is 0.286. The van der Waals surface area contributed by atoms with Gasteiger partial charge in [-0.15, -0.1) is 5.06 Å². The van der Waals surface area contributed by atoms with E-state index in [4.69, 9.17) is 4.84 Å². The molecule has 0 saturated heterocycles. The molecule has 3 aromatic carbocycles. The van der Waals surface area contributed by atoms with Crippen molar-refractivity contribution in [2.45, 2.75) is 53.1 Å². The highest BCUT2D eigenvalue weighted by Crippen LogP contribution is 2.35. The third-order valence-corrected chi connectivity index (χ3v) is 5.21. The summed E-state index contributed by atoms with van der Waals surface area (Å²) in [6.07, 6.45) is 0.959. The Bertz CT molecular complexity index is 933. The molecule has 3 aromatic rings. The molecular weight excluding hydrogens is 366 g/mol. The summed E-state index contributed by atoms with van der Waals surface area (Å²) >= 11 is 0. The molecule has 0 bridgehead atoms. The van der Waals surface area contributed by atoms with Crippen LogP contribution >= 0.6 is 0 Å². The molecule has 0 N–H and O–H groups in total. The topological polar surface area (TPSA) is 12.5 Å². The van der Waals surface area contributed by atoms with Crippen molar-refractivity contribution in [1.82, 2.24) is 5.06 Å². The van der Waals surface area contributed by atoms with E-state index in [1.54, 1.807) is 0 Å². The Labute approximate surface area is 181 Å². The van der Waals surface area contributed by atoms with Crippen molar-refractivity contribution in [2.75, 3.05) is 0 Å². The van der Waals surface area contributed by atoms with Crippen molar-refractivity contribution >= 4 is 11.1 Å². The third-order valence-electron chi connectivity index (χ3n) is 5.21. The van der Waals surface area contributed by atoms with Crippen LogP contribution in [0.3, 0.4) is 0 Å². The molecule has 0 atom stereocenters. The molecular formula is C28H33NO. The SMILES string of the molecule is CC/C(=C(\c1ccccc1)c1ccc(ON(C(C)C)C(C)C)cc1)c1ccccc1. The van der Waals surface area contributed by atoms with Gasteiger partial charge in [0.25, 0.3) is 0 Å². The maximum absolute atomic E-state index is 6.17. The van der Waals surface area contributed by atoms with Crippen molar-refractivity contribution < 1.29 is 4.84 Å². The second kappa shape index (κ2) is 10.3. The summed E-state index contributed by atoms with van der Waals surface area (Å²) in [6.45, 7) is 10.8. The minimum atomic E-state index is 0.314. The zero-order chi connectivity index (χ0) is 21.5. The molecule has 2 nitrogen and oxygen atoms in total. The largest absolute Gasteiger partial charge is 0.406 e. The molecule has 0 radical (unpaired) electrons. The Balaban J connectivity index is 2.04. The van der Waals surface area contributed by atoms with E-state index in [0.29, 0.717) is 12.1 Å². The Morgan fingerprint density at radius 3 is 1.60 bits per heavy atom. The van der Waals surface area contributed by atoms with E-state index in [9.17, 15) is 0 Å². The number of hydrogen-bond acceptors (Lipinski definition) is 2. The predicted molar refractivity (Wildman–Crippen MR) is 128 cm³/mol. The molecule has 0 amide bonds. The first-order chi connectivity index (χ1) is 14.5. The first-order valence-electron chi connectivity index (χ1n) is 10.9. The zero-order valence-electron chi connectivity index (χ0n) is 18.8. The summed E-state index contributed by atoms with van der Waals surface area (Å²) in [5.41, 5.74) is 6.33. The molecule has 0 fully saturated rings. The Kier molecular flexibility index (Phi) is 7.48. The van der Waals surface area contributed by atoms with Gasteiger partial charge in [0.1, 0.15) is 5.75 Å². The maximum atomic E-state index is 6.17. The quantitative estimate of drug-likeness (QED) is 0.288. The Hall–Kier alpha value is -2.84. The second-order valence-corrected chi connectivity index (χ2v) is 8.10. The van der Waals surface area contributed by atoms with E-state index in [-0.39, 0.29) is 0 Å². The maximum Gasteiger partial charge on any atom is 0.147 e. The van der Waals surface area contributed by atoms with Crippen LogP contribution in [-0.4, -0.2) is 17.1 Å². The van der Waals surface area contributed by atoms with Crippen LogP contribution in [0.2, 0.25) is 0 Å². The lowest BCUT2D eigenvalue weighted by atomic mass is 9.88. The van der Waals surface area contributed by atoms with Gasteiger partial charge in [0.2, 0.25) is 0 Å². The van der Waals surface area contributed by atoms with E-state index in [1.165, 1.54) is 27.8 Å². The van der Waals surface area contributed by atoms with Gasteiger partial charge in [0.05, 0.1) is 0 Å². The lowest BCUT2D eigenvalue weighted by Crippen LogP contribution is -2.39. The van der Waals surface area contributed by atoms with Crippen molar-refractivity contribution in [2.24, 2.45) is 0 Å². The smallest absolute Gasteiger partial charge is 0.147 e. The highest BCUT2D eigenvalue weighted by molar-refractivity contribution is 5.98. The molecule has 0 saturated carbocycles. The number of hydroxylamine groups is 2. The standard InChI is InChI=1S/C28H33NO/c1-6-27(23-13-9-7-10-14-23)28(24-15-11-8-12-16-24)25-17-19-26(20-18-25)30-29(21(2)3)22(4)5/h7-22H,6H2,1-5H3/b28-27-. The van der Waals surface area contributed by atoms with Gasteiger partial charge < -0.3 is 4.84 Å². The zero-order valence-corrected chi connectivity index (χ0v) is 18.8. The van der Waals surface area contributed by atoms with Gasteiger partial charge in [-0.1, -0.05) is 79.7 Å². The van der Waals surface area contributed by atoms with Crippen LogP contribution < -0.4 is 4.84 Å². The molecule has 0 unspecified atom stereocenters. The fourth-order valence-corrected chi connectivity index (χ4v) is 3.90. The predicted octanol–water partition coefficient (Wildman–Crippen LogP) is 7.47. The Morgan fingerprint density at radius 1 is 0.667 bits per heavy atom. The molecule has 2 heteroatoms. The van der Waals surface area contributed by atoms with Gasteiger partial charge in [-0.05, 0) is 74.1 Å². The van der Waals surface area contributed by atoms with E-state index >= 15 is 0 Å². The average molecular weight is 400 g/mol. The van der Waals surface area contributed by atoms with Crippen molar-refractivity contribution in [3.63, 3.8) is 0 Å². The molecule has 3 rings (SSSR count). The lowest BCUT2D eigenvalue weighted by Gasteiger charge is -2.29. The highest BCUT2D eigenvalue weighted by Gasteiger charge is 2.17. The van der Waals surface area contributed by atoms with E-state index < -0.39 is 0 Å². The Morgan fingerprint density at radius 2 is 1.13 bits per heavy atom. The van der Waals surface area contributed by atoms with Crippen LogP contribution in [0.15, 0.2) is 84.9 Å². The van der Waals surface area contributed by atoms with Gasteiger partial charge in [0, 0.05) is 12.1 Å². The van der Waals surface area contributed by atoms with Gasteiger partial charge in [-0.2, -0.15) is 0 Å². The molecule has 0 heterocycles. The summed E-state index contributed by atoms with van der Waals surface area (Å²) in [4.78, 5) is 6.17. The summed E-state index contributed by atoms with van der Waals surface area (Å²) in [5, 5.41) is 2.03. The van der Waals surface area contributed by atoms with Crippen LogP contribution in [0, 0.1) is 0 Å². The van der Waals surface area contributed by atoms with E-state index in [1.807, 2.05) is 5.06 Å². The molecule has 0 aliphatic carbocycles. The van der Waals surface area contributed by atoms with Crippen molar-refractivity contribution in [3.8, 4) is 5.75 Å². The normalized spacial score (nSPS) is 12.4. The molecule has 0 spiro atoms. The van der Waals surface area contributed by atoms with Crippen molar-refractivity contribution in [1.29, 1.82) is 0 Å². The first-order valence-corrected chi connectivity index (χ1v) is 10.9. The summed E-state index contributed by atoms with van der Waals surface area (Å²) in [5.74, 6) is 0.867. The van der Waals surface area contributed by atoms with Crippen LogP contribution in [0.5, 0.6) is 5.75 Å². The van der Waals surface area contributed by atoms with Crippen LogP contribution in [-0.2, 0) is 0 Å². The number of rotatable bonds is 8. The second-order valence-electron chi connectivity index (χ2n) is 8.10. The summed E-state index contributed by atoms with van der Waals surface area (Å²) in [7, 11) is 0. The van der Waals surface area contributed by atoms with E-state index in [0.717, 1.165) is 12.2 Å². The third kappa shape index (κ3) is 5.20. The van der Waals surface area contributed by atoms with Crippen LogP contribution in [0.1, 0.15) is 57.7 Å². The number of hydrogen-bond donors (Lipinski definition) is 0. The van der Waals surface area contributed by atoms with Crippen LogP contribution in [0.25, 0.3) is 11.1 Å². The van der Waals surface area contributed by atoms with Crippen molar-refractivity contribution in [3.05, 3.63) is 102 Å². The van der Waals surface area contributed by atoms with Gasteiger partial charge in [-0.25, -0.2) is 0 Å². The monoisotopic (exact) mass is 399 g/mol. The fourth-order valence-electron chi connectivity index (χ4n) is 3.90. The molecule has 30 heavy (non-hydrogen) atoms. The highest BCUT2D eigenvalue weighted by atomic mass is 16.7. The van der Waals surface area contributed by atoms with E-state index in [2.05, 4.69) is 120 Å². The minimum absolute atomic E-state index is 0.314. The first kappa shape index (κ1) is 21.9. The summed E-state index contributed by atoms with van der Waals surface area (Å²) in [6, 6.07) is 30.5. The van der Waals surface area contributed by atoms with Gasteiger partial charge in [-0.3, -0.25) is 0 Å². The van der Waals surface area contributed by atoms with Gasteiger partial charge >= 0.3 is 0 Å². The summed E-state index contributed by atoms with van der Waals surface area (Å²) < 4.78 is 0. The molecule has 156 valence electrons. The molecule has 0 aliphatic heterocycles. The number of allylic oxidation sites excluding steroid dienone is 1. The molecule has 0 aromatic heterocycles. The average Bonchev–Trinajstić information content (AvgIpc) is 2.77. The molecule has 0 aliphatic rings. The lowest BCUT2D eigenvalue weighted by molar-refractivity contribution is -0.111. The van der Waals surface area contributed by atoms with Crippen LogP contribution in [0.4, 0.5) is 0 Å². The minimum Gasteiger partial charge on any atom is -0.406 e. The van der Waals surface area contributed by atoms with Gasteiger partial charge in [0.15, 0.2) is 0 Å².